The Morgan fingerprint density at radius 2 is 1.64 bits per heavy atom. The number of ketones is 1. The summed E-state index contributed by atoms with van der Waals surface area (Å²) in [5, 5.41) is 0. The van der Waals surface area contributed by atoms with Crippen LogP contribution in [0, 0.1) is 0 Å². The minimum Gasteiger partial charge on any atom is -0.457 e. The Bertz CT molecular complexity index is 526. The highest BCUT2D eigenvalue weighted by molar-refractivity contribution is 5.87. The van der Waals surface area contributed by atoms with E-state index >= 15 is 0 Å². The molecule has 0 radical (unpaired) electrons. The predicted octanol–water partition coefficient (Wildman–Crippen LogP) is 2.92. The smallest absolute Gasteiger partial charge is 0.376 e. The summed E-state index contributed by atoms with van der Waals surface area (Å²) >= 11 is 0. The van der Waals surface area contributed by atoms with E-state index < -0.39 is 61.5 Å². The average Bonchev–Trinajstić information content (AvgIpc) is 2.47. The van der Waals surface area contributed by atoms with Crippen molar-refractivity contribution in [1.29, 1.82) is 0 Å². The fourth-order valence-electron chi connectivity index (χ4n) is 1.30. The molecule has 0 saturated heterocycles. The molecule has 0 fully saturated rings. The lowest BCUT2D eigenvalue weighted by Crippen LogP contribution is -2.38. The summed E-state index contributed by atoms with van der Waals surface area (Å²) in [7, 11) is 0. The highest BCUT2D eigenvalue weighted by Crippen LogP contribution is 2.26. The maximum atomic E-state index is 12.8. The third-order valence-corrected chi connectivity index (χ3v) is 2.72. The fourth-order valence-corrected chi connectivity index (χ4v) is 1.30. The predicted molar refractivity (Wildman–Crippen MR) is 71.5 cm³/mol. The van der Waals surface area contributed by atoms with Crippen LogP contribution in [0.4, 0.5) is 26.3 Å². The molecule has 25 heavy (non-hydrogen) atoms. The highest BCUT2D eigenvalue weighted by Gasteiger charge is 2.48. The van der Waals surface area contributed by atoms with E-state index in [4.69, 9.17) is 0 Å². The van der Waals surface area contributed by atoms with Gasteiger partial charge in [0, 0.05) is 18.9 Å². The molecule has 144 valence electrons. The van der Waals surface area contributed by atoms with Crippen molar-refractivity contribution in [3.8, 4) is 0 Å². The second-order valence-corrected chi connectivity index (χ2v) is 5.18. The standard InChI is InChI=1S/C14H16F6O5/c1-7(2)10(22)25-8(6-24-12(23)13(3,17)18)4-5-9(21)14(19,20)11(15)16/h8,11H,1,4-6H2,2-3H3. The SMILES string of the molecule is C=C(C)C(=O)OC(CCC(=O)C(F)(F)C(F)F)COC(=O)C(C)(F)F. The van der Waals surface area contributed by atoms with Crippen LogP contribution in [0.5, 0.6) is 0 Å². The van der Waals surface area contributed by atoms with E-state index in [0.717, 1.165) is 0 Å². The van der Waals surface area contributed by atoms with Gasteiger partial charge in [-0.1, -0.05) is 6.58 Å². The van der Waals surface area contributed by atoms with Crippen molar-refractivity contribution in [3.63, 3.8) is 0 Å². The molecule has 0 aliphatic rings. The van der Waals surface area contributed by atoms with Crippen molar-refractivity contribution in [2.45, 2.75) is 51.1 Å². The van der Waals surface area contributed by atoms with Gasteiger partial charge in [-0.05, 0) is 13.3 Å². The van der Waals surface area contributed by atoms with E-state index in [1.165, 1.54) is 6.92 Å². The summed E-state index contributed by atoms with van der Waals surface area (Å²) in [5.41, 5.74) is -0.151. The van der Waals surface area contributed by atoms with Crippen molar-refractivity contribution in [2.24, 2.45) is 0 Å². The highest BCUT2D eigenvalue weighted by atomic mass is 19.3. The molecule has 0 rings (SSSR count). The minimum atomic E-state index is -4.91. The van der Waals surface area contributed by atoms with E-state index in [2.05, 4.69) is 16.1 Å². The molecule has 0 aliphatic heterocycles. The van der Waals surface area contributed by atoms with Crippen LogP contribution in [0.2, 0.25) is 0 Å². The third-order valence-electron chi connectivity index (χ3n) is 2.72. The van der Waals surface area contributed by atoms with Crippen LogP contribution in [-0.2, 0) is 23.9 Å². The molecule has 0 bridgehead atoms. The van der Waals surface area contributed by atoms with Crippen LogP contribution in [0.1, 0.15) is 26.7 Å². The lowest BCUT2D eigenvalue weighted by molar-refractivity contribution is -0.176. The van der Waals surface area contributed by atoms with E-state index in [9.17, 15) is 40.7 Å². The number of hydrogen-bond donors (Lipinski definition) is 0. The van der Waals surface area contributed by atoms with Crippen molar-refractivity contribution in [1.82, 2.24) is 0 Å². The Balaban J connectivity index is 4.91. The zero-order valence-electron chi connectivity index (χ0n) is 13.3. The first-order chi connectivity index (χ1) is 11.2. The molecule has 0 N–H and O–H groups in total. The van der Waals surface area contributed by atoms with Gasteiger partial charge in [-0.2, -0.15) is 17.6 Å². The molecule has 0 spiro atoms. The Labute approximate surface area is 138 Å². The van der Waals surface area contributed by atoms with E-state index in [-0.39, 0.29) is 12.5 Å². The monoisotopic (exact) mass is 378 g/mol. The Kier molecular flexibility index (Phi) is 8.13. The first kappa shape index (κ1) is 22.9. The number of hydrogen-bond acceptors (Lipinski definition) is 5. The fraction of sp³-hybridized carbons (Fsp3) is 0.643. The van der Waals surface area contributed by atoms with Gasteiger partial charge in [0.25, 0.3) is 0 Å². The summed E-state index contributed by atoms with van der Waals surface area (Å²) in [6.45, 7) is 3.68. The summed E-state index contributed by atoms with van der Waals surface area (Å²) in [6, 6.07) is 0. The zero-order chi connectivity index (χ0) is 20.0. The van der Waals surface area contributed by atoms with Gasteiger partial charge in [0.15, 0.2) is 0 Å². The number of esters is 2. The van der Waals surface area contributed by atoms with E-state index in [0.29, 0.717) is 0 Å². The van der Waals surface area contributed by atoms with E-state index in [1.807, 2.05) is 0 Å². The van der Waals surface area contributed by atoms with Crippen molar-refractivity contribution in [3.05, 3.63) is 12.2 Å². The van der Waals surface area contributed by atoms with Crippen LogP contribution in [0.15, 0.2) is 12.2 Å². The second kappa shape index (κ2) is 8.86. The van der Waals surface area contributed by atoms with Gasteiger partial charge in [0.2, 0.25) is 5.78 Å². The Hall–Kier alpha value is -2.07. The lowest BCUT2D eigenvalue weighted by atomic mass is 10.1. The van der Waals surface area contributed by atoms with Gasteiger partial charge in [0.1, 0.15) is 12.7 Å². The first-order valence-corrected chi connectivity index (χ1v) is 6.80. The molecular weight excluding hydrogens is 362 g/mol. The molecule has 5 nitrogen and oxygen atoms in total. The molecule has 1 unspecified atom stereocenters. The number of ether oxygens (including phenoxy) is 2. The molecule has 11 heteroatoms. The molecule has 0 heterocycles. The molecule has 0 aromatic carbocycles. The molecule has 0 saturated carbocycles. The summed E-state index contributed by atoms with van der Waals surface area (Å²) in [6.07, 6.45) is -7.71. The minimum absolute atomic E-state index is 0.151. The number of halogens is 6. The Morgan fingerprint density at radius 3 is 2.04 bits per heavy atom. The molecule has 0 aromatic rings. The number of carbonyl (C=O) groups is 3. The van der Waals surface area contributed by atoms with Gasteiger partial charge >= 0.3 is 30.2 Å². The molecule has 0 aliphatic carbocycles. The van der Waals surface area contributed by atoms with Crippen molar-refractivity contribution < 1.29 is 50.2 Å². The van der Waals surface area contributed by atoms with Gasteiger partial charge < -0.3 is 9.47 Å². The Morgan fingerprint density at radius 1 is 1.12 bits per heavy atom. The molecular formula is C14H16F6O5. The molecule has 0 amide bonds. The van der Waals surface area contributed by atoms with Crippen LogP contribution in [0.3, 0.4) is 0 Å². The maximum absolute atomic E-state index is 12.8. The average molecular weight is 378 g/mol. The van der Waals surface area contributed by atoms with Gasteiger partial charge in [-0.25, -0.2) is 18.4 Å². The van der Waals surface area contributed by atoms with Gasteiger partial charge in [0.05, 0.1) is 0 Å². The lowest BCUT2D eigenvalue weighted by Gasteiger charge is -2.20. The molecule has 1 atom stereocenters. The van der Waals surface area contributed by atoms with Crippen LogP contribution in [0.25, 0.3) is 0 Å². The summed E-state index contributed by atoms with van der Waals surface area (Å²) in [5.74, 6) is -14.0. The number of Topliss-reactive ketones (excluding diaryl/α,β-unsaturated/α-hetero) is 1. The third kappa shape index (κ3) is 7.57. The number of rotatable bonds is 10. The van der Waals surface area contributed by atoms with Crippen LogP contribution in [-0.4, -0.2) is 48.7 Å². The van der Waals surface area contributed by atoms with Crippen molar-refractivity contribution in [2.75, 3.05) is 6.61 Å². The van der Waals surface area contributed by atoms with Crippen molar-refractivity contribution >= 4 is 17.7 Å². The number of carbonyl (C=O) groups excluding carboxylic acids is 3. The topological polar surface area (TPSA) is 69.7 Å². The number of alkyl halides is 6. The van der Waals surface area contributed by atoms with Gasteiger partial charge in [-0.15, -0.1) is 0 Å². The van der Waals surface area contributed by atoms with E-state index in [1.54, 1.807) is 0 Å². The van der Waals surface area contributed by atoms with Crippen LogP contribution < -0.4 is 0 Å². The first-order valence-electron chi connectivity index (χ1n) is 6.80. The second-order valence-electron chi connectivity index (χ2n) is 5.18. The van der Waals surface area contributed by atoms with Crippen LogP contribution >= 0.6 is 0 Å². The summed E-state index contributed by atoms with van der Waals surface area (Å²) < 4.78 is 84.0. The normalized spacial score (nSPS) is 13.3. The largest absolute Gasteiger partial charge is 0.457 e. The maximum Gasteiger partial charge on any atom is 0.376 e. The quantitative estimate of drug-likeness (QED) is 0.332. The summed E-state index contributed by atoms with van der Waals surface area (Å²) in [4.78, 5) is 33.5. The van der Waals surface area contributed by atoms with Gasteiger partial charge in [-0.3, -0.25) is 4.79 Å². The zero-order valence-corrected chi connectivity index (χ0v) is 13.3. The molecule has 0 aromatic heterocycles.